The van der Waals surface area contributed by atoms with E-state index in [4.69, 9.17) is 14.2 Å². The largest absolute Gasteiger partial charge is 0.462 e. The average Bonchev–Trinajstić information content (AvgIpc) is 3.29. The third kappa shape index (κ3) is 49.9. The molecule has 0 heterocycles. The Labute approximate surface area is 395 Å². The number of ether oxygens (including phenoxy) is 3. The number of allylic oxidation sites excluding steroid dienone is 12. The smallest absolute Gasteiger partial charge is 0.306 e. The van der Waals surface area contributed by atoms with Crippen molar-refractivity contribution in [1.82, 2.24) is 0 Å². The molecule has 0 fully saturated rings. The summed E-state index contributed by atoms with van der Waals surface area (Å²) in [7, 11) is 0. The summed E-state index contributed by atoms with van der Waals surface area (Å²) >= 11 is 0. The normalized spacial score (nSPS) is 12.6. The lowest BCUT2D eigenvalue weighted by Gasteiger charge is -2.18. The molecule has 0 radical (unpaired) electrons. The fourth-order valence-electron chi connectivity index (χ4n) is 7.43. The summed E-state index contributed by atoms with van der Waals surface area (Å²) < 4.78 is 16.8. The lowest BCUT2D eigenvalue weighted by atomic mass is 10.1. The summed E-state index contributed by atoms with van der Waals surface area (Å²) in [5.41, 5.74) is 0. The van der Waals surface area contributed by atoms with Crippen molar-refractivity contribution in [2.45, 2.75) is 264 Å². The number of unbranched alkanes of at least 4 members (excludes halogenated alkanes) is 28. The summed E-state index contributed by atoms with van der Waals surface area (Å²) in [6, 6.07) is 0. The van der Waals surface area contributed by atoms with Crippen LogP contribution in [0.5, 0.6) is 0 Å². The van der Waals surface area contributed by atoms with Gasteiger partial charge in [0.2, 0.25) is 0 Å². The first-order valence-electron chi connectivity index (χ1n) is 27.0. The van der Waals surface area contributed by atoms with Gasteiger partial charge in [-0.15, -0.1) is 0 Å². The molecule has 0 aliphatic carbocycles. The predicted octanol–water partition coefficient (Wildman–Crippen LogP) is 17.8. The van der Waals surface area contributed by atoms with Gasteiger partial charge in [-0.25, -0.2) is 0 Å². The molecule has 0 rings (SSSR count). The van der Waals surface area contributed by atoms with Gasteiger partial charge in [0, 0.05) is 19.3 Å². The highest BCUT2D eigenvalue weighted by atomic mass is 16.6. The van der Waals surface area contributed by atoms with E-state index in [0.717, 1.165) is 103 Å². The van der Waals surface area contributed by atoms with Crippen molar-refractivity contribution in [3.05, 3.63) is 72.9 Å². The Bertz CT molecular complexity index is 1210. The number of carbonyl (C=O) groups excluding carboxylic acids is 3. The number of hydrogen-bond acceptors (Lipinski definition) is 6. The van der Waals surface area contributed by atoms with Crippen LogP contribution >= 0.6 is 0 Å². The molecule has 6 nitrogen and oxygen atoms in total. The Morgan fingerprint density at radius 2 is 0.625 bits per heavy atom. The second-order valence-corrected chi connectivity index (χ2v) is 17.8. The maximum Gasteiger partial charge on any atom is 0.306 e. The number of carbonyl (C=O) groups is 3. The standard InChI is InChI=1S/C58H100O6/c1-4-7-10-13-16-19-22-25-27-28-29-31-33-36-39-42-45-48-51-57(60)63-54-55(53-62-56(59)50-47-44-41-38-35-32-24-21-18-15-12-9-6-3)64-58(61)52-49-46-43-40-37-34-30-26-23-20-17-14-11-8-5-2/h9,12,15,17-18,20-21,23-24,26,29,31,55H,4-8,10-11,13-14,16,19,22,25,27-28,30,32-54H2,1-3H3/b12-9-,18-15-,20-17-,24-21-,26-23-,31-29-. The number of esters is 3. The molecule has 0 amide bonds. The maximum absolute atomic E-state index is 12.8. The Hall–Kier alpha value is -3.15. The van der Waals surface area contributed by atoms with E-state index in [0.29, 0.717) is 19.3 Å². The molecule has 0 bridgehead atoms. The van der Waals surface area contributed by atoms with Crippen LogP contribution in [0.1, 0.15) is 258 Å². The second kappa shape index (κ2) is 52.5. The molecule has 0 aliphatic rings. The highest BCUT2D eigenvalue weighted by molar-refractivity contribution is 5.71. The van der Waals surface area contributed by atoms with Gasteiger partial charge in [-0.2, -0.15) is 0 Å². The minimum absolute atomic E-state index is 0.0913. The van der Waals surface area contributed by atoms with Crippen LogP contribution in [0.3, 0.4) is 0 Å². The number of hydrogen-bond donors (Lipinski definition) is 0. The first-order valence-corrected chi connectivity index (χ1v) is 27.0. The zero-order valence-corrected chi connectivity index (χ0v) is 42.0. The van der Waals surface area contributed by atoms with Gasteiger partial charge in [-0.05, 0) is 89.9 Å². The zero-order valence-electron chi connectivity index (χ0n) is 42.0. The molecule has 6 heteroatoms. The van der Waals surface area contributed by atoms with Crippen molar-refractivity contribution in [3.63, 3.8) is 0 Å². The van der Waals surface area contributed by atoms with E-state index in [9.17, 15) is 14.4 Å². The Kier molecular flexibility index (Phi) is 49.9. The SMILES string of the molecule is CC\C=C/C=C\C=C/CCCCCCCC(=O)OCC(COC(=O)CCCCCCC/C=C\CCCCCCCCCCC)OC(=O)CCCCCCCC/C=C\C=C/CCCCC. The van der Waals surface area contributed by atoms with Gasteiger partial charge in [0.15, 0.2) is 6.10 Å². The van der Waals surface area contributed by atoms with Crippen LogP contribution in [0.25, 0.3) is 0 Å². The minimum atomic E-state index is -0.793. The molecule has 0 saturated carbocycles. The second-order valence-electron chi connectivity index (χ2n) is 17.8. The van der Waals surface area contributed by atoms with Gasteiger partial charge >= 0.3 is 17.9 Å². The predicted molar refractivity (Wildman–Crippen MR) is 274 cm³/mol. The topological polar surface area (TPSA) is 78.9 Å². The molecule has 0 saturated heterocycles. The van der Waals surface area contributed by atoms with Gasteiger partial charge in [0.05, 0.1) is 0 Å². The van der Waals surface area contributed by atoms with Crippen LogP contribution in [0.15, 0.2) is 72.9 Å². The summed E-state index contributed by atoms with van der Waals surface area (Å²) in [5, 5.41) is 0. The molecular weight excluding hydrogens is 793 g/mol. The molecule has 0 aromatic carbocycles. The molecule has 1 unspecified atom stereocenters. The Morgan fingerprint density at radius 1 is 0.328 bits per heavy atom. The van der Waals surface area contributed by atoms with Gasteiger partial charge in [-0.1, -0.05) is 222 Å². The van der Waals surface area contributed by atoms with E-state index in [1.54, 1.807) is 0 Å². The quantitative estimate of drug-likeness (QED) is 0.0199. The summed E-state index contributed by atoms with van der Waals surface area (Å²) in [5.74, 6) is -0.928. The van der Waals surface area contributed by atoms with Crippen LogP contribution < -0.4 is 0 Å². The average molecular weight is 893 g/mol. The first-order chi connectivity index (χ1) is 31.5. The van der Waals surface area contributed by atoms with E-state index in [-0.39, 0.29) is 31.1 Å². The van der Waals surface area contributed by atoms with Gasteiger partial charge in [0.1, 0.15) is 13.2 Å². The van der Waals surface area contributed by atoms with Gasteiger partial charge < -0.3 is 14.2 Å². The van der Waals surface area contributed by atoms with E-state index in [2.05, 4.69) is 93.7 Å². The molecule has 0 aromatic rings. The molecule has 64 heavy (non-hydrogen) atoms. The van der Waals surface area contributed by atoms with E-state index in [1.807, 2.05) is 0 Å². The molecule has 1 atom stereocenters. The molecule has 0 aliphatic heterocycles. The van der Waals surface area contributed by atoms with Crippen LogP contribution in [-0.2, 0) is 28.6 Å². The summed E-state index contributed by atoms with van der Waals surface area (Å²) in [6.45, 7) is 6.45. The number of rotatable bonds is 48. The van der Waals surface area contributed by atoms with Crippen molar-refractivity contribution >= 4 is 17.9 Å². The third-order valence-corrected chi connectivity index (χ3v) is 11.5. The van der Waals surface area contributed by atoms with Crippen LogP contribution in [0.2, 0.25) is 0 Å². The van der Waals surface area contributed by atoms with Crippen LogP contribution in [-0.4, -0.2) is 37.2 Å². The highest BCUT2D eigenvalue weighted by Crippen LogP contribution is 2.14. The van der Waals surface area contributed by atoms with Crippen molar-refractivity contribution in [1.29, 1.82) is 0 Å². The van der Waals surface area contributed by atoms with Crippen molar-refractivity contribution in [2.75, 3.05) is 13.2 Å². The van der Waals surface area contributed by atoms with E-state index < -0.39 is 6.10 Å². The fourth-order valence-corrected chi connectivity index (χ4v) is 7.43. The minimum Gasteiger partial charge on any atom is -0.462 e. The van der Waals surface area contributed by atoms with Gasteiger partial charge in [-0.3, -0.25) is 14.4 Å². The lowest BCUT2D eigenvalue weighted by molar-refractivity contribution is -0.167. The molecule has 0 N–H and O–H groups in total. The van der Waals surface area contributed by atoms with Gasteiger partial charge in [0.25, 0.3) is 0 Å². The fraction of sp³-hybridized carbons (Fsp3) is 0.741. The Morgan fingerprint density at radius 3 is 1.03 bits per heavy atom. The third-order valence-electron chi connectivity index (χ3n) is 11.5. The molecular formula is C58H100O6. The summed E-state index contributed by atoms with van der Waals surface area (Å²) in [6.07, 6.45) is 66.0. The molecule has 0 aromatic heterocycles. The monoisotopic (exact) mass is 893 g/mol. The van der Waals surface area contributed by atoms with E-state index >= 15 is 0 Å². The molecule has 0 spiro atoms. The first kappa shape index (κ1) is 60.9. The Balaban J connectivity index is 4.41. The van der Waals surface area contributed by atoms with Crippen LogP contribution in [0.4, 0.5) is 0 Å². The summed E-state index contributed by atoms with van der Waals surface area (Å²) in [4.78, 5) is 38.0. The zero-order chi connectivity index (χ0) is 46.5. The van der Waals surface area contributed by atoms with E-state index in [1.165, 1.54) is 116 Å². The molecule has 368 valence electrons. The maximum atomic E-state index is 12.8. The van der Waals surface area contributed by atoms with Crippen LogP contribution in [0, 0.1) is 0 Å². The van der Waals surface area contributed by atoms with Crippen molar-refractivity contribution < 1.29 is 28.6 Å². The van der Waals surface area contributed by atoms with Crippen molar-refractivity contribution in [3.8, 4) is 0 Å². The lowest BCUT2D eigenvalue weighted by Crippen LogP contribution is -2.30. The van der Waals surface area contributed by atoms with Crippen molar-refractivity contribution in [2.24, 2.45) is 0 Å². The highest BCUT2D eigenvalue weighted by Gasteiger charge is 2.19.